The molecular formula is C22H25F3N2O3. The average Bonchev–Trinajstić information content (AvgIpc) is 3.56. The van der Waals surface area contributed by atoms with Crippen molar-refractivity contribution >= 4 is 11.6 Å². The molecule has 1 aliphatic rings. The molecule has 3 rings (SSSR count). The van der Waals surface area contributed by atoms with E-state index >= 15 is 0 Å². The number of alkyl halides is 3. The van der Waals surface area contributed by atoms with Crippen molar-refractivity contribution in [3.63, 3.8) is 0 Å². The molecule has 1 fully saturated rings. The van der Waals surface area contributed by atoms with Gasteiger partial charge in [-0.2, -0.15) is 13.2 Å². The Morgan fingerprint density at radius 2 is 1.90 bits per heavy atom. The van der Waals surface area contributed by atoms with E-state index < -0.39 is 11.7 Å². The smallest absolute Gasteiger partial charge is 0.416 e. The topological polar surface area (TPSA) is 50.8 Å². The molecule has 2 aromatic rings. The van der Waals surface area contributed by atoms with Crippen LogP contribution < -0.4 is 14.8 Å². The minimum atomic E-state index is -4.40. The normalized spacial score (nSPS) is 15.0. The first-order chi connectivity index (χ1) is 14.2. The molecule has 0 heterocycles. The van der Waals surface area contributed by atoms with Crippen LogP contribution in [0.1, 0.15) is 36.9 Å². The lowest BCUT2D eigenvalue weighted by Gasteiger charge is -2.29. The molecule has 0 bridgehead atoms. The van der Waals surface area contributed by atoms with Gasteiger partial charge in [0.15, 0.2) is 0 Å². The fraction of sp³-hybridized carbons (Fsp3) is 0.409. The number of amides is 1. The first-order valence-electron chi connectivity index (χ1n) is 9.67. The van der Waals surface area contributed by atoms with Gasteiger partial charge in [0.25, 0.3) is 0 Å². The summed E-state index contributed by atoms with van der Waals surface area (Å²) >= 11 is 0. The van der Waals surface area contributed by atoms with E-state index in [4.69, 9.17) is 9.47 Å². The van der Waals surface area contributed by atoms with Crippen LogP contribution in [-0.2, 0) is 11.0 Å². The Morgan fingerprint density at radius 1 is 1.17 bits per heavy atom. The van der Waals surface area contributed by atoms with Gasteiger partial charge < -0.3 is 14.8 Å². The zero-order valence-electron chi connectivity index (χ0n) is 17.1. The highest BCUT2D eigenvalue weighted by atomic mass is 19.4. The molecule has 162 valence electrons. The molecular weight excluding hydrogens is 397 g/mol. The molecule has 0 saturated heterocycles. The van der Waals surface area contributed by atoms with E-state index in [-0.39, 0.29) is 24.5 Å². The number of nitrogens with one attached hydrogen (secondary N) is 1. The minimum Gasteiger partial charge on any atom is -0.497 e. The standard InChI is InChI=1S/C22H25F3N2O3/c1-14(15-5-4-6-16(11-15)22(23,24)25)27(17-7-8-17)13-21(28)26-19-12-18(29-2)9-10-20(19)30-3/h4-6,9-12,14,17H,7-8,13H2,1-3H3,(H,26,28). The highest BCUT2D eigenvalue weighted by Gasteiger charge is 2.35. The molecule has 1 aliphatic carbocycles. The van der Waals surface area contributed by atoms with Crippen LogP contribution in [0.5, 0.6) is 11.5 Å². The number of rotatable bonds is 8. The van der Waals surface area contributed by atoms with E-state index in [1.54, 1.807) is 24.3 Å². The molecule has 2 aromatic carbocycles. The summed E-state index contributed by atoms with van der Waals surface area (Å²) in [6, 6.07) is 10.2. The maximum Gasteiger partial charge on any atom is 0.416 e. The molecule has 1 N–H and O–H groups in total. The number of hydrogen-bond acceptors (Lipinski definition) is 4. The van der Waals surface area contributed by atoms with Crippen LogP contribution in [-0.4, -0.2) is 37.6 Å². The van der Waals surface area contributed by atoms with Gasteiger partial charge in [0, 0.05) is 18.2 Å². The molecule has 1 amide bonds. The van der Waals surface area contributed by atoms with E-state index in [0.29, 0.717) is 22.7 Å². The molecule has 5 nitrogen and oxygen atoms in total. The van der Waals surface area contributed by atoms with E-state index in [2.05, 4.69) is 5.32 Å². The second-order valence-corrected chi connectivity index (χ2v) is 7.32. The third kappa shape index (κ3) is 5.24. The Morgan fingerprint density at radius 3 is 2.50 bits per heavy atom. The van der Waals surface area contributed by atoms with Crippen LogP contribution in [0.25, 0.3) is 0 Å². The van der Waals surface area contributed by atoms with E-state index in [9.17, 15) is 18.0 Å². The summed E-state index contributed by atoms with van der Waals surface area (Å²) in [7, 11) is 3.03. The number of halogens is 3. The molecule has 30 heavy (non-hydrogen) atoms. The first-order valence-corrected chi connectivity index (χ1v) is 9.67. The number of hydrogen-bond donors (Lipinski definition) is 1. The summed E-state index contributed by atoms with van der Waals surface area (Å²) in [4.78, 5) is 14.7. The summed E-state index contributed by atoms with van der Waals surface area (Å²) in [5, 5.41) is 2.83. The van der Waals surface area contributed by atoms with Crippen LogP contribution in [0.3, 0.4) is 0 Å². The number of nitrogens with zero attached hydrogens (tertiary/aromatic N) is 1. The van der Waals surface area contributed by atoms with Gasteiger partial charge in [0.1, 0.15) is 11.5 Å². The Hall–Kier alpha value is -2.74. The molecule has 1 saturated carbocycles. The fourth-order valence-corrected chi connectivity index (χ4v) is 3.42. The summed E-state index contributed by atoms with van der Waals surface area (Å²) in [6.07, 6.45) is -2.57. The number of benzene rings is 2. The van der Waals surface area contributed by atoms with Gasteiger partial charge in [-0.25, -0.2) is 0 Å². The largest absolute Gasteiger partial charge is 0.497 e. The quantitative estimate of drug-likeness (QED) is 0.658. The van der Waals surface area contributed by atoms with Crippen LogP contribution in [0.2, 0.25) is 0 Å². The van der Waals surface area contributed by atoms with E-state index in [1.807, 2.05) is 11.8 Å². The number of methoxy groups -OCH3 is 2. The SMILES string of the molecule is COc1ccc(OC)c(NC(=O)CN(C2CC2)C(C)c2cccc(C(F)(F)F)c2)c1. The molecule has 0 aromatic heterocycles. The van der Waals surface area contributed by atoms with Crippen LogP contribution in [0, 0.1) is 0 Å². The highest BCUT2D eigenvalue weighted by molar-refractivity contribution is 5.94. The Kier molecular flexibility index (Phi) is 6.55. The molecule has 8 heteroatoms. The first kappa shape index (κ1) is 22.0. The summed E-state index contributed by atoms with van der Waals surface area (Å²) in [5.74, 6) is 0.794. The highest BCUT2D eigenvalue weighted by Crippen LogP contribution is 2.37. The second kappa shape index (κ2) is 8.95. The molecule has 1 atom stereocenters. The van der Waals surface area contributed by atoms with Crippen LogP contribution in [0.4, 0.5) is 18.9 Å². The summed E-state index contributed by atoms with van der Waals surface area (Å²) in [6.45, 7) is 1.88. The fourth-order valence-electron chi connectivity index (χ4n) is 3.42. The van der Waals surface area contributed by atoms with E-state index in [0.717, 1.165) is 25.0 Å². The van der Waals surface area contributed by atoms with Crippen molar-refractivity contribution < 1.29 is 27.4 Å². The van der Waals surface area contributed by atoms with Gasteiger partial charge in [0.2, 0.25) is 5.91 Å². The Labute approximate surface area is 173 Å². The molecule has 1 unspecified atom stereocenters. The van der Waals surface area contributed by atoms with Gasteiger partial charge in [-0.05, 0) is 49.6 Å². The monoisotopic (exact) mass is 422 g/mol. The van der Waals surface area contributed by atoms with Crippen molar-refractivity contribution in [2.75, 3.05) is 26.1 Å². The lowest BCUT2D eigenvalue weighted by molar-refractivity contribution is -0.137. The zero-order chi connectivity index (χ0) is 21.9. The van der Waals surface area contributed by atoms with Crippen molar-refractivity contribution in [3.05, 3.63) is 53.6 Å². The molecule has 0 spiro atoms. The van der Waals surface area contributed by atoms with Crippen molar-refractivity contribution in [1.82, 2.24) is 4.90 Å². The number of carbonyl (C=O) groups excluding carboxylic acids is 1. The number of ether oxygens (including phenoxy) is 2. The number of carbonyl (C=O) groups is 1. The third-order valence-corrected chi connectivity index (χ3v) is 5.22. The number of anilines is 1. The summed E-state index contributed by atoms with van der Waals surface area (Å²) < 4.78 is 49.7. The van der Waals surface area contributed by atoms with Crippen molar-refractivity contribution in [2.24, 2.45) is 0 Å². The van der Waals surface area contributed by atoms with Gasteiger partial charge in [-0.3, -0.25) is 9.69 Å². The maximum absolute atomic E-state index is 13.1. The molecule has 0 aliphatic heterocycles. The van der Waals surface area contributed by atoms with Crippen LogP contribution >= 0.6 is 0 Å². The van der Waals surface area contributed by atoms with Crippen LogP contribution in [0.15, 0.2) is 42.5 Å². The Balaban J connectivity index is 1.76. The predicted octanol–water partition coefficient (Wildman–Crippen LogP) is 4.89. The van der Waals surface area contributed by atoms with E-state index in [1.165, 1.54) is 20.3 Å². The van der Waals surface area contributed by atoms with Crippen molar-refractivity contribution in [3.8, 4) is 11.5 Å². The van der Waals surface area contributed by atoms with Crippen molar-refractivity contribution in [1.29, 1.82) is 0 Å². The summed E-state index contributed by atoms with van der Waals surface area (Å²) in [5.41, 5.74) is 0.320. The lowest BCUT2D eigenvalue weighted by Crippen LogP contribution is -2.37. The Bertz CT molecular complexity index is 897. The lowest BCUT2D eigenvalue weighted by atomic mass is 10.0. The zero-order valence-corrected chi connectivity index (χ0v) is 17.1. The predicted molar refractivity (Wildman–Crippen MR) is 108 cm³/mol. The minimum absolute atomic E-state index is 0.0580. The van der Waals surface area contributed by atoms with Gasteiger partial charge >= 0.3 is 6.18 Å². The maximum atomic E-state index is 13.1. The average molecular weight is 422 g/mol. The second-order valence-electron chi connectivity index (χ2n) is 7.32. The van der Waals surface area contributed by atoms with Gasteiger partial charge in [-0.15, -0.1) is 0 Å². The van der Waals surface area contributed by atoms with Gasteiger partial charge in [-0.1, -0.05) is 12.1 Å². The third-order valence-electron chi connectivity index (χ3n) is 5.22. The molecule has 0 radical (unpaired) electrons. The van der Waals surface area contributed by atoms with Gasteiger partial charge in [0.05, 0.1) is 32.0 Å². The van der Waals surface area contributed by atoms with Crippen molar-refractivity contribution in [2.45, 2.75) is 38.0 Å².